The average molecular weight is 256 g/mol. The highest BCUT2D eigenvalue weighted by Crippen LogP contribution is 2.13. The Balaban J connectivity index is 1.94. The number of carboxylic acids is 1. The number of hydrogen-bond acceptors (Lipinski definition) is 5. The topological polar surface area (TPSA) is 59.1 Å². The highest BCUT2D eigenvalue weighted by atomic mass is 16.4. The first-order chi connectivity index (χ1) is 8.56. The van der Waals surface area contributed by atoms with Gasteiger partial charge < -0.3 is 15.3 Å². The van der Waals surface area contributed by atoms with Gasteiger partial charge in [0.1, 0.15) is 0 Å². The predicted octanol–water partition coefficient (Wildman–Crippen LogP) is -1.41. The summed E-state index contributed by atoms with van der Waals surface area (Å²) in [6.45, 7) is 5.94. The van der Waals surface area contributed by atoms with Crippen LogP contribution >= 0.6 is 0 Å². The van der Waals surface area contributed by atoms with Crippen molar-refractivity contribution in [1.29, 1.82) is 0 Å². The minimum absolute atomic E-state index is 0.160. The second kappa shape index (κ2) is 5.97. The molecule has 18 heavy (non-hydrogen) atoms. The standard InChI is InChI=1S/C12H24N4O2/c1-14-4-3-13-10(7-14)11-8-16(9-12(17)18)6-5-15(11)2/h10-11,13H,3-9H2,1-2H3,(H,17,18). The average Bonchev–Trinajstić information content (AvgIpc) is 2.31. The van der Waals surface area contributed by atoms with Gasteiger partial charge in [-0.3, -0.25) is 14.6 Å². The van der Waals surface area contributed by atoms with Gasteiger partial charge in [-0.1, -0.05) is 0 Å². The molecule has 2 heterocycles. The molecule has 0 spiro atoms. The molecule has 6 heteroatoms. The molecule has 104 valence electrons. The van der Waals surface area contributed by atoms with E-state index in [9.17, 15) is 4.79 Å². The molecule has 2 aliphatic heterocycles. The van der Waals surface area contributed by atoms with Crippen molar-refractivity contribution in [1.82, 2.24) is 20.0 Å². The fourth-order valence-corrected chi connectivity index (χ4v) is 2.92. The number of likely N-dealkylation sites (N-methyl/N-ethyl adjacent to an activating group) is 2. The Kier molecular flexibility index (Phi) is 4.55. The van der Waals surface area contributed by atoms with Crippen molar-refractivity contribution >= 4 is 5.97 Å². The predicted molar refractivity (Wildman–Crippen MR) is 69.8 cm³/mol. The lowest BCUT2D eigenvalue weighted by Gasteiger charge is -2.45. The molecule has 0 aromatic heterocycles. The van der Waals surface area contributed by atoms with Crippen LogP contribution in [0.25, 0.3) is 0 Å². The highest BCUT2D eigenvalue weighted by Gasteiger charge is 2.33. The third kappa shape index (κ3) is 3.41. The molecule has 0 aromatic rings. The summed E-state index contributed by atoms with van der Waals surface area (Å²) in [5, 5.41) is 12.5. The Labute approximate surface area is 109 Å². The zero-order chi connectivity index (χ0) is 13.1. The summed E-state index contributed by atoms with van der Waals surface area (Å²) in [4.78, 5) is 17.5. The third-order valence-corrected chi connectivity index (χ3v) is 4.01. The van der Waals surface area contributed by atoms with E-state index in [0.717, 1.165) is 39.3 Å². The van der Waals surface area contributed by atoms with Gasteiger partial charge in [0.15, 0.2) is 0 Å². The molecule has 0 bridgehead atoms. The lowest BCUT2D eigenvalue weighted by atomic mass is 10.0. The molecule has 0 aromatic carbocycles. The fraction of sp³-hybridized carbons (Fsp3) is 0.917. The second-order valence-electron chi connectivity index (χ2n) is 5.50. The summed E-state index contributed by atoms with van der Waals surface area (Å²) >= 11 is 0. The number of nitrogens with one attached hydrogen (secondary N) is 1. The third-order valence-electron chi connectivity index (χ3n) is 4.01. The van der Waals surface area contributed by atoms with E-state index in [4.69, 9.17) is 5.11 Å². The van der Waals surface area contributed by atoms with Crippen molar-refractivity contribution in [3.05, 3.63) is 0 Å². The van der Waals surface area contributed by atoms with Crippen LogP contribution in [-0.4, -0.2) is 97.8 Å². The fourth-order valence-electron chi connectivity index (χ4n) is 2.92. The lowest BCUT2D eigenvalue weighted by molar-refractivity contribution is -0.139. The summed E-state index contributed by atoms with van der Waals surface area (Å²) < 4.78 is 0. The molecule has 0 radical (unpaired) electrons. The van der Waals surface area contributed by atoms with Gasteiger partial charge >= 0.3 is 5.97 Å². The molecule has 2 aliphatic rings. The van der Waals surface area contributed by atoms with Crippen molar-refractivity contribution in [2.75, 3.05) is 59.9 Å². The lowest BCUT2D eigenvalue weighted by Crippen LogP contribution is -2.64. The maximum absolute atomic E-state index is 10.8. The van der Waals surface area contributed by atoms with Crippen LogP contribution in [0.5, 0.6) is 0 Å². The number of piperazine rings is 2. The van der Waals surface area contributed by atoms with E-state index in [1.54, 1.807) is 0 Å². The minimum Gasteiger partial charge on any atom is -0.480 e. The zero-order valence-electron chi connectivity index (χ0n) is 11.3. The molecule has 2 N–H and O–H groups in total. The number of rotatable bonds is 3. The summed E-state index contributed by atoms with van der Waals surface area (Å²) in [7, 11) is 4.28. The number of hydrogen-bond donors (Lipinski definition) is 2. The molecule has 2 fully saturated rings. The molecular formula is C12H24N4O2. The van der Waals surface area contributed by atoms with E-state index in [-0.39, 0.29) is 6.54 Å². The molecule has 0 amide bonds. The van der Waals surface area contributed by atoms with Gasteiger partial charge in [0, 0.05) is 51.4 Å². The maximum Gasteiger partial charge on any atom is 0.317 e. The van der Waals surface area contributed by atoms with Gasteiger partial charge in [-0.15, -0.1) is 0 Å². The Hall–Kier alpha value is -0.690. The Morgan fingerprint density at radius 3 is 2.72 bits per heavy atom. The van der Waals surface area contributed by atoms with Crippen LogP contribution in [0.3, 0.4) is 0 Å². The molecule has 0 saturated carbocycles. The minimum atomic E-state index is -0.730. The summed E-state index contributed by atoms with van der Waals surface area (Å²) in [6.07, 6.45) is 0. The van der Waals surface area contributed by atoms with Gasteiger partial charge in [-0.2, -0.15) is 0 Å². The van der Waals surface area contributed by atoms with Gasteiger partial charge in [-0.05, 0) is 14.1 Å². The Morgan fingerprint density at radius 2 is 2.06 bits per heavy atom. The van der Waals surface area contributed by atoms with Crippen LogP contribution in [0.15, 0.2) is 0 Å². The molecule has 2 rings (SSSR count). The van der Waals surface area contributed by atoms with E-state index in [2.05, 4.69) is 29.2 Å². The van der Waals surface area contributed by atoms with Gasteiger partial charge in [0.05, 0.1) is 6.54 Å². The molecule has 2 saturated heterocycles. The van der Waals surface area contributed by atoms with Crippen molar-refractivity contribution in [2.24, 2.45) is 0 Å². The summed E-state index contributed by atoms with van der Waals surface area (Å²) in [5.41, 5.74) is 0. The van der Waals surface area contributed by atoms with E-state index in [0.29, 0.717) is 12.1 Å². The zero-order valence-corrected chi connectivity index (χ0v) is 11.3. The maximum atomic E-state index is 10.8. The van der Waals surface area contributed by atoms with Crippen molar-refractivity contribution in [3.63, 3.8) is 0 Å². The monoisotopic (exact) mass is 256 g/mol. The van der Waals surface area contributed by atoms with Crippen LogP contribution in [0.2, 0.25) is 0 Å². The second-order valence-corrected chi connectivity index (χ2v) is 5.50. The molecular weight excluding hydrogens is 232 g/mol. The van der Waals surface area contributed by atoms with Gasteiger partial charge in [0.2, 0.25) is 0 Å². The molecule has 2 atom stereocenters. The van der Waals surface area contributed by atoms with Crippen LogP contribution in [-0.2, 0) is 4.79 Å². The van der Waals surface area contributed by atoms with E-state index < -0.39 is 5.97 Å². The number of aliphatic carboxylic acids is 1. The van der Waals surface area contributed by atoms with E-state index in [1.165, 1.54) is 0 Å². The van der Waals surface area contributed by atoms with Crippen LogP contribution in [0, 0.1) is 0 Å². The van der Waals surface area contributed by atoms with Gasteiger partial charge in [-0.25, -0.2) is 0 Å². The van der Waals surface area contributed by atoms with Gasteiger partial charge in [0.25, 0.3) is 0 Å². The Bertz CT molecular complexity index is 300. The molecule has 6 nitrogen and oxygen atoms in total. The SMILES string of the molecule is CN1CCNC(C2CN(CC(=O)O)CCN2C)C1. The number of carbonyl (C=O) groups is 1. The van der Waals surface area contributed by atoms with E-state index in [1.807, 2.05) is 4.90 Å². The summed E-state index contributed by atoms with van der Waals surface area (Å²) in [5.74, 6) is -0.730. The normalized spacial score (nSPS) is 32.6. The molecule has 0 aliphatic carbocycles. The van der Waals surface area contributed by atoms with Crippen LogP contribution in [0.1, 0.15) is 0 Å². The van der Waals surface area contributed by atoms with Crippen molar-refractivity contribution in [2.45, 2.75) is 12.1 Å². The molecule has 2 unspecified atom stereocenters. The van der Waals surface area contributed by atoms with Crippen LogP contribution in [0.4, 0.5) is 0 Å². The number of nitrogens with zero attached hydrogens (tertiary/aromatic N) is 3. The van der Waals surface area contributed by atoms with Crippen molar-refractivity contribution < 1.29 is 9.90 Å². The smallest absolute Gasteiger partial charge is 0.317 e. The van der Waals surface area contributed by atoms with Crippen LogP contribution < -0.4 is 5.32 Å². The number of carboxylic acid groups (broad SMARTS) is 1. The quantitative estimate of drug-likeness (QED) is 0.647. The first-order valence-corrected chi connectivity index (χ1v) is 6.62. The van der Waals surface area contributed by atoms with E-state index >= 15 is 0 Å². The summed E-state index contributed by atoms with van der Waals surface area (Å²) in [6, 6.07) is 0.839. The largest absolute Gasteiger partial charge is 0.480 e. The highest BCUT2D eigenvalue weighted by molar-refractivity contribution is 5.69. The van der Waals surface area contributed by atoms with Crippen molar-refractivity contribution in [3.8, 4) is 0 Å². The first-order valence-electron chi connectivity index (χ1n) is 6.62. The first kappa shape index (κ1) is 13.7. The Morgan fingerprint density at radius 1 is 1.28 bits per heavy atom.